The Morgan fingerprint density at radius 3 is 2.60 bits per heavy atom. The molecule has 0 aliphatic carbocycles. The van der Waals surface area contributed by atoms with Crippen molar-refractivity contribution >= 4 is 12.0 Å². The largest absolute Gasteiger partial charge is 0.480 e. The Labute approximate surface area is 89.0 Å². The van der Waals surface area contributed by atoms with Crippen LogP contribution in [-0.4, -0.2) is 43.4 Å². The third-order valence-corrected chi connectivity index (χ3v) is 1.78. The lowest BCUT2D eigenvalue weighted by molar-refractivity contribution is -0.138. The molecule has 0 aromatic heterocycles. The molecule has 0 saturated heterocycles. The van der Waals surface area contributed by atoms with Crippen molar-refractivity contribution in [3.8, 4) is 0 Å². The highest BCUT2D eigenvalue weighted by atomic mass is 16.5. The summed E-state index contributed by atoms with van der Waals surface area (Å²) >= 11 is 0. The summed E-state index contributed by atoms with van der Waals surface area (Å²) < 4.78 is 4.84. The zero-order valence-electron chi connectivity index (χ0n) is 9.08. The average Bonchev–Trinajstić information content (AvgIpc) is 2.17. The number of methoxy groups -OCH3 is 1. The third-order valence-electron chi connectivity index (χ3n) is 1.78. The minimum absolute atomic E-state index is 0.456. The van der Waals surface area contributed by atoms with E-state index in [1.54, 1.807) is 7.11 Å². The van der Waals surface area contributed by atoms with Gasteiger partial charge in [0.05, 0.1) is 0 Å². The molecule has 0 saturated carbocycles. The van der Waals surface area contributed by atoms with Crippen LogP contribution in [0.25, 0.3) is 0 Å². The number of amides is 2. The molecular formula is C9H18N2O4. The van der Waals surface area contributed by atoms with Crippen LogP contribution in [0.2, 0.25) is 0 Å². The van der Waals surface area contributed by atoms with Gasteiger partial charge in [-0.25, -0.2) is 4.79 Å². The fourth-order valence-electron chi connectivity index (χ4n) is 0.883. The van der Waals surface area contributed by atoms with E-state index in [0.717, 1.165) is 12.8 Å². The topological polar surface area (TPSA) is 87.7 Å². The van der Waals surface area contributed by atoms with E-state index in [0.29, 0.717) is 13.2 Å². The number of ether oxygens (including phenoxy) is 1. The van der Waals surface area contributed by atoms with E-state index in [4.69, 9.17) is 9.84 Å². The van der Waals surface area contributed by atoms with E-state index >= 15 is 0 Å². The molecule has 6 nitrogen and oxygen atoms in total. The lowest BCUT2D eigenvalue weighted by atomic mass is 10.3. The molecule has 1 unspecified atom stereocenters. The van der Waals surface area contributed by atoms with Gasteiger partial charge in [0.25, 0.3) is 0 Å². The maximum atomic E-state index is 11.1. The van der Waals surface area contributed by atoms with Crippen LogP contribution in [0.3, 0.4) is 0 Å². The summed E-state index contributed by atoms with van der Waals surface area (Å²) in [5, 5.41) is 13.4. The molecule has 0 aromatic carbocycles. The Morgan fingerprint density at radius 1 is 1.40 bits per heavy atom. The number of carboxylic acids is 1. The number of hydrogen-bond acceptors (Lipinski definition) is 3. The smallest absolute Gasteiger partial charge is 0.325 e. The van der Waals surface area contributed by atoms with Crippen LogP contribution in [0.4, 0.5) is 4.79 Å². The van der Waals surface area contributed by atoms with Crippen LogP contribution in [0.1, 0.15) is 19.8 Å². The average molecular weight is 218 g/mol. The lowest BCUT2D eigenvalue weighted by Crippen LogP contribution is -2.44. The normalized spacial score (nSPS) is 11.9. The van der Waals surface area contributed by atoms with Gasteiger partial charge in [0.15, 0.2) is 0 Å². The maximum Gasteiger partial charge on any atom is 0.325 e. The number of aliphatic carboxylic acids is 1. The molecule has 0 aromatic rings. The third kappa shape index (κ3) is 7.75. The zero-order valence-corrected chi connectivity index (χ0v) is 9.08. The molecule has 0 aliphatic rings. The molecule has 1 atom stereocenters. The molecule has 0 spiro atoms. The summed E-state index contributed by atoms with van der Waals surface area (Å²) in [6.07, 6.45) is 1.67. The molecule has 0 fully saturated rings. The number of unbranched alkanes of at least 4 members (excludes halogenated alkanes) is 1. The predicted molar refractivity (Wildman–Crippen MR) is 54.7 cm³/mol. The van der Waals surface area contributed by atoms with Gasteiger partial charge >= 0.3 is 12.0 Å². The first-order valence-corrected chi connectivity index (χ1v) is 4.84. The maximum absolute atomic E-state index is 11.1. The molecule has 3 N–H and O–H groups in total. The summed E-state index contributed by atoms with van der Waals surface area (Å²) in [7, 11) is 1.62. The highest BCUT2D eigenvalue weighted by Gasteiger charge is 2.12. The molecule has 88 valence electrons. The second-order valence-corrected chi connectivity index (χ2v) is 3.16. The van der Waals surface area contributed by atoms with Crippen LogP contribution in [0.15, 0.2) is 0 Å². The number of carboxylic acid groups (broad SMARTS) is 1. The van der Waals surface area contributed by atoms with Crippen molar-refractivity contribution in [1.29, 1.82) is 0 Å². The molecular weight excluding hydrogens is 200 g/mol. The monoisotopic (exact) mass is 218 g/mol. The Hall–Kier alpha value is -1.30. The van der Waals surface area contributed by atoms with E-state index in [-0.39, 0.29) is 0 Å². The van der Waals surface area contributed by atoms with Crippen molar-refractivity contribution in [2.45, 2.75) is 25.8 Å². The first kappa shape index (κ1) is 13.7. The first-order valence-electron chi connectivity index (χ1n) is 4.84. The Bertz CT molecular complexity index is 208. The van der Waals surface area contributed by atoms with Crippen LogP contribution in [0.5, 0.6) is 0 Å². The molecule has 0 radical (unpaired) electrons. The summed E-state index contributed by atoms with van der Waals surface area (Å²) in [5.74, 6) is -1.05. The van der Waals surface area contributed by atoms with Gasteiger partial charge in [0.2, 0.25) is 0 Å². The predicted octanol–water partition coefficient (Wildman–Crippen LogP) is 0.185. The molecule has 0 heterocycles. The lowest BCUT2D eigenvalue weighted by Gasteiger charge is -2.10. The molecule has 15 heavy (non-hydrogen) atoms. The Balaban J connectivity index is 3.45. The first-order chi connectivity index (χ1) is 7.07. The molecule has 2 amide bonds. The minimum Gasteiger partial charge on any atom is -0.480 e. The summed E-state index contributed by atoms with van der Waals surface area (Å²) in [6.45, 7) is 2.59. The van der Waals surface area contributed by atoms with Crippen LogP contribution >= 0.6 is 0 Å². The summed E-state index contributed by atoms with van der Waals surface area (Å²) in [4.78, 5) is 21.5. The second-order valence-electron chi connectivity index (χ2n) is 3.16. The number of rotatable bonds is 7. The number of carbonyl (C=O) groups excluding carboxylic acids is 1. The van der Waals surface area contributed by atoms with Gasteiger partial charge in [-0.15, -0.1) is 0 Å². The zero-order chi connectivity index (χ0) is 11.7. The number of urea groups is 1. The molecule has 0 bridgehead atoms. The quantitative estimate of drug-likeness (QED) is 0.532. The molecule has 0 rings (SSSR count). The van der Waals surface area contributed by atoms with Crippen molar-refractivity contribution in [1.82, 2.24) is 10.6 Å². The number of carbonyl (C=O) groups is 2. The summed E-state index contributed by atoms with van der Waals surface area (Å²) in [5.41, 5.74) is 0. The highest BCUT2D eigenvalue weighted by Crippen LogP contribution is 1.87. The van der Waals surface area contributed by atoms with Gasteiger partial charge in [-0.2, -0.15) is 0 Å². The minimum atomic E-state index is -1.05. The summed E-state index contributed by atoms with van der Waals surface area (Å²) in [6, 6.07) is -1.33. The fraction of sp³-hybridized carbons (Fsp3) is 0.778. The van der Waals surface area contributed by atoms with Crippen molar-refractivity contribution in [2.24, 2.45) is 0 Å². The SMILES string of the molecule is COCCCCNC(=O)NC(C)C(=O)O. The van der Waals surface area contributed by atoms with Gasteiger partial charge in [-0.3, -0.25) is 4.79 Å². The van der Waals surface area contributed by atoms with E-state index < -0.39 is 18.0 Å². The van der Waals surface area contributed by atoms with E-state index in [1.807, 2.05) is 0 Å². The highest BCUT2D eigenvalue weighted by molar-refractivity contribution is 5.82. The van der Waals surface area contributed by atoms with E-state index in [1.165, 1.54) is 6.92 Å². The number of nitrogens with one attached hydrogen (secondary N) is 2. The van der Waals surface area contributed by atoms with Gasteiger partial charge in [-0.05, 0) is 19.8 Å². The van der Waals surface area contributed by atoms with Crippen molar-refractivity contribution in [3.05, 3.63) is 0 Å². The van der Waals surface area contributed by atoms with Gasteiger partial charge in [-0.1, -0.05) is 0 Å². The van der Waals surface area contributed by atoms with Crippen LogP contribution in [0, 0.1) is 0 Å². The van der Waals surface area contributed by atoms with Gasteiger partial charge < -0.3 is 20.5 Å². The second kappa shape index (κ2) is 8.05. The van der Waals surface area contributed by atoms with Crippen molar-refractivity contribution in [3.63, 3.8) is 0 Å². The standard InChI is InChI=1S/C9H18N2O4/c1-7(8(12)13)11-9(14)10-5-3-4-6-15-2/h7H,3-6H2,1-2H3,(H,12,13)(H2,10,11,14). The molecule has 0 aliphatic heterocycles. The van der Waals surface area contributed by atoms with E-state index in [9.17, 15) is 9.59 Å². The van der Waals surface area contributed by atoms with Gasteiger partial charge in [0.1, 0.15) is 6.04 Å². The fourth-order valence-corrected chi connectivity index (χ4v) is 0.883. The Morgan fingerprint density at radius 2 is 2.07 bits per heavy atom. The van der Waals surface area contributed by atoms with Crippen molar-refractivity contribution in [2.75, 3.05) is 20.3 Å². The van der Waals surface area contributed by atoms with E-state index in [2.05, 4.69) is 10.6 Å². The molecule has 6 heteroatoms. The van der Waals surface area contributed by atoms with Crippen molar-refractivity contribution < 1.29 is 19.4 Å². The number of hydrogen-bond donors (Lipinski definition) is 3. The Kier molecular flexibility index (Phi) is 7.35. The van der Waals surface area contributed by atoms with Gasteiger partial charge in [0, 0.05) is 20.3 Å². The van der Waals surface area contributed by atoms with Crippen LogP contribution in [-0.2, 0) is 9.53 Å². The van der Waals surface area contributed by atoms with Crippen LogP contribution < -0.4 is 10.6 Å².